The van der Waals surface area contributed by atoms with Crippen LogP contribution >= 0.6 is 0 Å². The van der Waals surface area contributed by atoms with Crippen molar-refractivity contribution in [3.8, 4) is 0 Å². The predicted octanol–water partition coefficient (Wildman–Crippen LogP) is 4.00. The normalized spacial score (nSPS) is 27.2. The average molecular weight is 255 g/mol. The van der Waals surface area contributed by atoms with Crippen molar-refractivity contribution in [1.29, 1.82) is 0 Å². The number of nitrogens with one attached hydrogen (secondary N) is 1. The molecule has 2 nitrogen and oxygen atoms in total. The lowest BCUT2D eigenvalue weighted by Gasteiger charge is -2.45. The summed E-state index contributed by atoms with van der Waals surface area (Å²) in [6.07, 6.45) is 7.71. The molecular formula is C16H33NO. The highest BCUT2D eigenvalue weighted by molar-refractivity contribution is 4.96. The van der Waals surface area contributed by atoms with Gasteiger partial charge in [-0.1, -0.05) is 40.5 Å². The maximum atomic E-state index is 5.97. The van der Waals surface area contributed by atoms with E-state index in [1.807, 2.05) is 7.11 Å². The summed E-state index contributed by atoms with van der Waals surface area (Å²) in [4.78, 5) is 0. The van der Waals surface area contributed by atoms with Crippen molar-refractivity contribution in [2.75, 3.05) is 13.7 Å². The van der Waals surface area contributed by atoms with Gasteiger partial charge >= 0.3 is 0 Å². The van der Waals surface area contributed by atoms with Crippen molar-refractivity contribution < 1.29 is 4.74 Å². The molecule has 0 bridgehead atoms. The van der Waals surface area contributed by atoms with Crippen LogP contribution in [0.25, 0.3) is 0 Å². The Bertz CT molecular complexity index is 209. The molecule has 1 aliphatic carbocycles. The maximum absolute atomic E-state index is 5.97. The Kier molecular flexibility index (Phi) is 6.65. The van der Waals surface area contributed by atoms with Gasteiger partial charge in [0.25, 0.3) is 0 Å². The van der Waals surface area contributed by atoms with E-state index in [2.05, 4.69) is 33.0 Å². The van der Waals surface area contributed by atoms with Crippen LogP contribution in [0.15, 0.2) is 0 Å². The van der Waals surface area contributed by atoms with Gasteiger partial charge in [0.15, 0.2) is 0 Å². The molecule has 1 N–H and O–H groups in total. The van der Waals surface area contributed by atoms with Gasteiger partial charge in [0.1, 0.15) is 0 Å². The molecule has 18 heavy (non-hydrogen) atoms. The van der Waals surface area contributed by atoms with Gasteiger partial charge in [-0.25, -0.2) is 0 Å². The molecule has 1 fully saturated rings. The zero-order valence-corrected chi connectivity index (χ0v) is 13.1. The second-order valence-electron chi connectivity index (χ2n) is 6.03. The first kappa shape index (κ1) is 16.0. The lowest BCUT2D eigenvalue weighted by atomic mass is 9.72. The van der Waals surface area contributed by atoms with Gasteiger partial charge in [-0.3, -0.25) is 0 Å². The standard InChI is InChI=1S/C16H33NO/c1-6-16(7-2,18-5)15(17-8-3)14-11-9-13(4)10-12-14/h13-15,17H,6-12H2,1-5H3. The van der Waals surface area contributed by atoms with Crippen LogP contribution in [-0.4, -0.2) is 25.3 Å². The smallest absolute Gasteiger partial charge is 0.0828 e. The minimum absolute atomic E-state index is 0.0290. The molecule has 1 atom stereocenters. The second-order valence-corrected chi connectivity index (χ2v) is 6.03. The minimum Gasteiger partial charge on any atom is -0.377 e. The molecule has 0 radical (unpaired) electrons. The lowest BCUT2D eigenvalue weighted by molar-refractivity contribution is -0.0679. The Labute approximate surface area is 114 Å². The Hall–Kier alpha value is -0.0800. The highest BCUT2D eigenvalue weighted by Gasteiger charge is 2.40. The average Bonchev–Trinajstić information content (AvgIpc) is 2.41. The van der Waals surface area contributed by atoms with Crippen LogP contribution < -0.4 is 5.32 Å². The predicted molar refractivity (Wildman–Crippen MR) is 78.9 cm³/mol. The minimum atomic E-state index is 0.0290. The quantitative estimate of drug-likeness (QED) is 0.742. The number of likely N-dealkylation sites (N-methyl/N-ethyl adjacent to an activating group) is 1. The Morgan fingerprint density at radius 2 is 1.67 bits per heavy atom. The first-order valence-corrected chi connectivity index (χ1v) is 7.92. The number of rotatable bonds is 7. The van der Waals surface area contributed by atoms with E-state index >= 15 is 0 Å². The summed E-state index contributed by atoms with van der Waals surface area (Å²) in [5.41, 5.74) is 0.0290. The van der Waals surface area contributed by atoms with Gasteiger partial charge in [0, 0.05) is 13.2 Å². The van der Waals surface area contributed by atoms with Gasteiger partial charge in [-0.05, 0) is 44.1 Å². The summed E-state index contributed by atoms with van der Waals surface area (Å²) in [5, 5.41) is 3.74. The summed E-state index contributed by atoms with van der Waals surface area (Å²) >= 11 is 0. The summed E-state index contributed by atoms with van der Waals surface area (Å²) in [5.74, 6) is 1.71. The van der Waals surface area contributed by atoms with E-state index in [0.717, 1.165) is 31.2 Å². The summed E-state index contributed by atoms with van der Waals surface area (Å²) < 4.78 is 5.97. The third kappa shape index (κ3) is 3.48. The van der Waals surface area contributed by atoms with E-state index < -0.39 is 0 Å². The largest absolute Gasteiger partial charge is 0.377 e. The van der Waals surface area contributed by atoms with Gasteiger partial charge in [0.05, 0.1) is 5.60 Å². The van der Waals surface area contributed by atoms with Crippen molar-refractivity contribution in [3.05, 3.63) is 0 Å². The van der Waals surface area contributed by atoms with E-state index in [9.17, 15) is 0 Å². The van der Waals surface area contributed by atoms with Crippen molar-refractivity contribution in [1.82, 2.24) is 5.32 Å². The number of hydrogen-bond acceptors (Lipinski definition) is 2. The van der Waals surface area contributed by atoms with E-state index in [4.69, 9.17) is 4.74 Å². The third-order valence-electron chi connectivity index (χ3n) is 5.13. The molecule has 108 valence electrons. The zero-order valence-electron chi connectivity index (χ0n) is 13.1. The van der Waals surface area contributed by atoms with E-state index in [1.54, 1.807) is 0 Å². The fourth-order valence-electron chi connectivity index (χ4n) is 3.73. The van der Waals surface area contributed by atoms with E-state index in [0.29, 0.717) is 6.04 Å². The first-order valence-electron chi connectivity index (χ1n) is 7.92. The topological polar surface area (TPSA) is 21.3 Å². The molecule has 1 unspecified atom stereocenters. The van der Waals surface area contributed by atoms with Crippen LogP contribution in [0.1, 0.15) is 66.2 Å². The van der Waals surface area contributed by atoms with Crippen molar-refractivity contribution >= 4 is 0 Å². The Morgan fingerprint density at radius 1 is 1.11 bits per heavy atom. The van der Waals surface area contributed by atoms with Gasteiger partial charge < -0.3 is 10.1 Å². The highest BCUT2D eigenvalue weighted by atomic mass is 16.5. The Balaban J connectivity index is 2.79. The van der Waals surface area contributed by atoms with Crippen LogP contribution in [0.5, 0.6) is 0 Å². The molecule has 0 amide bonds. The van der Waals surface area contributed by atoms with Gasteiger partial charge in [-0.2, -0.15) is 0 Å². The molecule has 0 saturated heterocycles. The molecule has 2 heteroatoms. The van der Waals surface area contributed by atoms with Crippen LogP contribution in [0.4, 0.5) is 0 Å². The molecule has 1 aliphatic rings. The van der Waals surface area contributed by atoms with Crippen LogP contribution in [0, 0.1) is 11.8 Å². The highest BCUT2D eigenvalue weighted by Crippen LogP contribution is 2.37. The molecule has 0 heterocycles. The molecule has 0 aromatic carbocycles. The van der Waals surface area contributed by atoms with Gasteiger partial charge in [-0.15, -0.1) is 0 Å². The molecular weight excluding hydrogens is 222 g/mol. The molecule has 1 rings (SSSR count). The molecule has 0 aliphatic heterocycles. The van der Waals surface area contributed by atoms with Crippen LogP contribution in [0.3, 0.4) is 0 Å². The van der Waals surface area contributed by atoms with Crippen molar-refractivity contribution in [2.45, 2.75) is 77.9 Å². The zero-order chi connectivity index (χ0) is 13.6. The maximum Gasteiger partial charge on any atom is 0.0828 e. The molecule has 0 aromatic rings. The third-order valence-corrected chi connectivity index (χ3v) is 5.13. The van der Waals surface area contributed by atoms with Crippen LogP contribution in [-0.2, 0) is 4.74 Å². The Morgan fingerprint density at radius 3 is 2.06 bits per heavy atom. The monoisotopic (exact) mass is 255 g/mol. The number of methoxy groups -OCH3 is 1. The molecule has 0 spiro atoms. The summed E-state index contributed by atoms with van der Waals surface area (Å²) in [7, 11) is 1.89. The molecule has 0 aromatic heterocycles. The van der Waals surface area contributed by atoms with E-state index in [1.165, 1.54) is 25.7 Å². The van der Waals surface area contributed by atoms with E-state index in [-0.39, 0.29) is 5.60 Å². The van der Waals surface area contributed by atoms with Crippen molar-refractivity contribution in [3.63, 3.8) is 0 Å². The van der Waals surface area contributed by atoms with Crippen molar-refractivity contribution in [2.24, 2.45) is 11.8 Å². The lowest BCUT2D eigenvalue weighted by Crippen LogP contribution is -2.56. The summed E-state index contributed by atoms with van der Waals surface area (Å²) in [6, 6.07) is 0.523. The fourth-order valence-corrected chi connectivity index (χ4v) is 3.73. The summed E-state index contributed by atoms with van der Waals surface area (Å²) in [6.45, 7) is 10.2. The first-order chi connectivity index (χ1) is 8.63. The fraction of sp³-hybridized carbons (Fsp3) is 1.00. The second kappa shape index (κ2) is 7.49. The number of ether oxygens (including phenoxy) is 1. The van der Waals surface area contributed by atoms with Gasteiger partial charge in [0.2, 0.25) is 0 Å². The molecule has 1 saturated carbocycles. The van der Waals surface area contributed by atoms with Crippen LogP contribution in [0.2, 0.25) is 0 Å². The SMILES string of the molecule is CCNC(C1CCC(C)CC1)C(CC)(CC)OC. The number of hydrogen-bond donors (Lipinski definition) is 1.